The molecule has 1 N–H and O–H groups in total. The third-order valence-electron chi connectivity index (χ3n) is 5.63. The number of fused-ring (bicyclic) bond motifs is 3. The van der Waals surface area contributed by atoms with Gasteiger partial charge in [-0.1, -0.05) is 0 Å². The molecule has 27 heavy (non-hydrogen) atoms. The Kier molecular flexibility index (Phi) is 5.07. The second-order valence-electron chi connectivity index (χ2n) is 7.25. The first-order valence-corrected chi connectivity index (χ1v) is 9.40. The Morgan fingerprint density at radius 3 is 2.67 bits per heavy atom. The highest BCUT2D eigenvalue weighted by Gasteiger charge is 2.42. The summed E-state index contributed by atoms with van der Waals surface area (Å²) in [6.45, 7) is 2.76. The summed E-state index contributed by atoms with van der Waals surface area (Å²) < 4.78 is 27.3. The molecule has 142 valence electrons. The number of rotatable bonds is 5. The van der Waals surface area contributed by atoms with Crippen molar-refractivity contribution in [2.24, 2.45) is 5.16 Å². The number of anilines is 2. The lowest BCUT2D eigenvalue weighted by Gasteiger charge is -2.39. The first kappa shape index (κ1) is 17.9. The largest absolute Gasteiger partial charge is 0.411 e. The van der Waals surface area contributed by atoms with Gasteiger partial charge in [-0.05, 0) is 73.8 Å². The van der Waals surface area contributed by atoms with Gasteiger partial charge >= 0.3 is 0 Å². The smallest absolute Gasteiger partial charge is 0.123 e. The number of hydrogen-bond acceptors (Lipinski definition) is 4. The molecule has 0 amide bonds. The van der Waals surface area contributed by atoms with Crippen LogP contribution in [0.2, 0.25) is 0 Å². The van der Waals surface area contributed by atoms with Crippen molar-refractivity contribution in [2.75, 3.05) is 24.5 Å². The fraction of sp³-hybridized carbons (Fsp3) is 0.381. The molecule has 0 bridgehead atoms. The van der Waals surface area contributed by atoms with Crippen LogP contribution < -0.4 is 4.90 Å². The summed E-state index contributed by atoms with van der Waals surface area (Å²) in [5.41, 5.74) is 3.00. The van der Waals surface area contributed by atoms with E-state index in [0.717, 1.165) is 55.8 Å². The van der Waals surface area contributed by atoms with Crippen molar-refractivity contribution in [3.8, 4) is 0 Å². The topological polar surface area (TPSA) is 39.1 Å². The van der Waals surface area contributed by atoms with Crippen LogP contribution in [0.15, 0.2) is 47.6 Å². The Hall–Kier alpha value is -2.47. The molecule has 2 heterocycles. The lowest BCUT2D eigenvalue weighted by Crippen LogP contribution is -2.45. The average Bonchev–Trinajstić information content (AvgIpc) is 2.99. The predicted octanol–water partition coefficient (Wildman–Crippen LogP) is 4.51. The fourth-order valence-electron chi connectivity index (χ4n) is 4.44. The van der Waals surface area contributed by atoms with Gasteiger partial charge in [0.05, 0.1) is 0 Å². The molecule has 2 unspecified atom stereocenters. The van der Waals surface area contributed by atoms with Crippen LogP contribution in [0.5, 0.6) is 0 Å². The molecule has 0 aromatic heterocycles. The summed E-state index contributed by atoms with van der Waals surface area (Å²) >= 11 is 0. The molecular formula is C21H23F2N3O. The number of piperidine rings is 1. The van der Waals surface area contributed by atoms with E-state index in [-0.39, 0.29) is 23.6 Å². The lowest BCUT2D eigenvalue weighted by molar-refractivity contribution is 0.195. The molecule has 2 aliphatic rings. The standard InChI is InChI=1S/C21H23F2N3O/c22-15-3-6-17(7-4-15)26-20-8-5-16(23)13-18(20)19-14-25(12-9-21(19)26)11-2-1-10-24-27/h3-8,10,13,19,21,27H,1-2,9,11-12,14H2. The Morgan fingerprint density at radius 2 is 1.89 bits per heavy atom. The maximum atomic E-state index is 14.0. The predicted molar refractivity (Wildman–Crippen MR) is 102 cm³/mol. The molecule has 1 fully saturated rings. The molecule has 0 aliphatic carbocycles. The van der Waals surface area contributed by atoms with E-state index in [2.05, 4.69) is 15.0 Å². The van der Waals surface area contributed by atoms with E-state index in [1.54, 1.807) is 18.2 Å². The molecule has 1 saturated heterocycles. The molecule has 4 rings (SSSR count). The highest BCUT2D eigenvalue weighted by molar-refractivity contribution is 5.73. The third-order valence-corrected chi connectivity index (χ3v) is 5.63. The van der Waals surface area contributed by atoms with Gasteiger partial charge in [0.15, 0.2) is 0 Å². The second-order valence-corrected chi connectivity index (χ2v) is 7.25. The Bertz CT molecular complexity index is 825. The first-order valence-electron chi connectivity index (χ1n) is 9.40. The average molecular weight is 371 g/mol. The Balaban J connectivity index is 1.59. The van der Waals surface area contributed by atoms with Gasteiger partial charge in [0.1, 0.15) is 11.6 Å². The van der Waals surface area contributed by atoms with Crippen molar-refractivity contribution in [1.29, 1.82) is 0 Å². The second kappa shape index (κ2) is 7.64. The molecule has 2 aromatic carbocycles. The van der Waals surface area contributed by atoms with Gasteiger partial charge in [-0.15, -0.1) is 5.16 Å². The van der Waals surface area contributed by atoms with Gasteiger partial charge in [-0.25, -0.2) is 8.78 Å². The van der Waals surface area contributed by atoms with E-state index < -0.39 is 0 Å². The van der Waals surface area contributed by atoms with Gasteiger partial charge in [-0.3, -0.25) is 0 Å². The van der Waals surface area contributed by atoms with Gasteiger partial charge in [0, 0.05) is 42.6 Å². The van der Waals surface area contributed by atoms with Crippen LogP contribution in [0.25, 0.3) is 0 Å². The minimum atomic E-state index is -0.255. The zero-order valence-electron chi connectivity index (χ0n) is 15.1. The summed E-state index contributed by atoms with van der Waals surface area (Å²) in [4.78, 5) is 4.64. The number of likely N-dealkylation sites (tertiary alicyclic amines) is 1. The zero-order chi connectivity index (χ0) is 18.8. The Morgan fingerprint density at radius 1 is 1.11 bits per heavy atom. The summed E-state index contributed by atoms with van der Waals surface area (Å²) in [7, 11) is 0. The molecular weight excluding hydrogens is 348 g/mol. The molecule has 2 aliphatic heterocycles. The van der Waals surface area contributed by atoms with Crippen LogP contribution in [-0.4, -0.2) is 42.0 Å². The fourth-order valence-corrected chi connectivity index (χ4v) is 4.44. The van der Waals surface area contributed by atoms with E-state index in [0.29, 0.717) is 0 Å². The number of benzene rings is 2. The lowest BCUT2D eigenvalue weighted by atomic mass is 9.89. The number of oxime groups is 1. The highest BCUT2D eigenvalue weighted by atomic mass is 19.1. The molecule has 6 heteroatoms. The maximum absolute atomic E-state index is 14.0. The normalized spacial score (nSPS) is 22.2. The van der Waals surface area contributed by atoms with E-state index in [9.17, 15) is 8.78 Å². The number of nitrogens with zero attached hydrogens (tertiary/aromatic N) is 3. The van der Waals surface area contributed by atoms with Gasteiger partial charge in [0.25, 0.3) is 0 Å². The van der Waals surface area contributed by atoms with Crippen molar-refractivity contribution in [3.05, 3.63) is 59.7 Å². The van der Waals surface area contributed by atoms with Gasteiger partial charge in [0.2, 0.25) is 0 Å². The minimum absolute atomic E-state index is 0.218. The van der Waals surface area contributed by atoms with Crippen molar-refractivity contribution in [1.82, 2.24) is 4.90 Å². The highest BCUT2D eigenvalue weighted by Crippen LogP contribution is 2.48. The van der Waals surface area contributed by atoms with Crippen LogP contribution in [0.4, 0.5) is 20.2 Å². The maximum Gasteiger partial charge on any atom is 0.123 e. The third kappa shape index (κ3) is 3.54. The minimum Gasteiger partial charge on any atom is -0.411 e. The van der Waals surface area contributed by atoms with Crippen molar-refractivity contribution < 1.29 is 14.0 Å². The quantitative estimate of drug-likeness (QED) is 0.364. The van der Waals surface area contributed by atoms with E-state index in [4.69, 9.17) is 5.21 Å². The van der Waals surface area contributed by atoms with Crippen LogP contribution in [-0.2, 0) is 0 Å². The van der Waals surface area contributed by atoms with Gasteiger partial charge in [-0.2, -0.15) is 0 Å². The summed E-state index contributed by atoms with van der Waals surface area (Å²) in [5.74, 6) is -0.249. The molecule has 4 nitrogen and oxygen atoms in total. The summed E-state index contributed by atoms with van der Waals surface area (Å²) in [6.07, 6.45) is 4.16. The molecule has 2 aromatic rings. The van der Waals surface area contributed by atoms with Crippen LogP contribution in [0.3, 0.4) is 0 Å². The number of unbranched alkanes of at least 4 members (excludes halogenated alkanes) is 1. The van der Waals surface area contributed by atoms with Crippen LogP contribution >= 0.6 is 0 Å². The molecule has 2 atom stereocenters. The summed E-state index contributed by atoms with van der Waals surface area (Å²) in [5, 5.41) is 11.5. The molecule has 0 spiro atoms. The van der Waals surface area contributed by atoms with Gasteiger partial charge < -0.3 is 15.0 Å². The van der Waals surface area contributed by atoms with E-state index in [1.807, 2.05) is 6.07 Å². The molecule has 0 saturated carbocycles. The van der Waals surface area contributed by atoms with Crippen molar-refractivity contribution in [2.45, 2.75) is 31.2 Å². The SMILES string of the molecule is ON=CCCCN1CCC2C(C1)c1cc(F)ccc1N2c1ccc(F)cc1. The summed E-state index contributed by atoms with van der Waals surface area (Å²) in [6, 6.07) is 11.8. The monoisotopic (exact) mass is 371 g/mol. The van der Waals surface area contributed by atoms with Crippen molar-refractivity contribution >= 4 is 17.6 Å². The molecule has 0 radical (unpaired) electrons. The van der Waals surface area contributed by atoms with Crippen LogP contribution in [0, 0.1) is 11.6 Å². The van der Waals surface area contributed by atoms with Crippen molar-refractivity contribution in [3.63, 3.8) is 0 Å². The number of halogens is 2. The van der Waals surface area contributed by atoms with Crippen LogP contribution in [0.1, 0.15) is 30.7 Å². The zero-order valence-corrected chi connectivity index (χ0v) is 15.1. The Labute approximate surface area is 157 Å². The number of hydrogen-bond donors (Lipinski definition) is 1. The first-order chi connectivity index (χ1) is 13.2. The van der Waals surface area contributed by atoms with E-state index >= 15 is 0 Å². The van der Waals surface area contributed by atoms with E-state index in [1.165, 1.54) is 24.4 Å².